The summed E-state index contributed by atoms with van der Waals surface area (Å²) in [5.74, 6) is -1.31. The van der Waals surface area contributed by atoms with Crippen LogP contribution in [0.1, 0.15) is 86.3 Å². The molecule has 0 spiro atoms. The number of carbonyl (C=O) groups excluding carboxylic acids is 3. The highest BCUT2D eigenvalue weighted by Crippen LogP contribution is 2.43. The molecule has 0 bridgehead atoms. The Morgan fingerprint density at radius 2 is 1.56 bits per heavy atom. The van der Waals surface area contributed by atoms with Crippen molar-refractivity contribution in [1.82, 2.24) is 4.90 Å². The van der Waals surface area contributed by atoms with E-state index in [0.29, 0.717) is 6.42 Å². The van der Waals surface area contributed by atoms with Crippen molar-refractivity contribution in [3.8, 4) is 5.75 Å². The summed E-state index contributed by atoms with van der Waals surface area (Å²) in [6.45, 7) is 14.8. The Labute approximate surface area is 293 Å². The summed E-state index contributed by atoms with van der Waals surface area (Å²) in [7, 11) is 0. The summed E-state index contributed by atoms with van der Waals surface area (Å²) < 4.78 is 65.6. The average molecular weight is 708 g/mol. The van der Waals surface area contributed by atoms with Gasteiger partial charge in [0.1, 0.15) is 34.8 Å². The van der Waals surface area contributed by atoms with Gasteiger partial charge < -0.3 is 29.2 Å². The quantitative estimate of drug-likeness (QED) is 0.164. The van der Waals surface area contributed by atoms with E-state index in [-0.39, 0.29) is 61.8 Å². The van der Waals surface area contributed by atoms with Crippen LogP contribution >= 0.6 is 0 Å². The first-order chi connectivity index (χ1) is 23.1. The summed E-state index contributed by atoms with van der Waals surface area (Å²) in [6, 6.07) is 10.2. The van der Waals surface area contributed by atoms with Gasteiger partial charge in [-0.15, -0.1) is 0 Å². The Morgan fingerprint density at radius 3 is 2.14 bits per heavy atom. The number of hydrogen-bond donors (Lipinski definition) is 1. The first-order valence-electron chi connectivity index (χ1n) is 16.9. The number of fused-ring (bicyclic) bond motifs is 1. The number of rotatable bonds is 13. The Kier molecular flexibility index (Phi) is 13.4. The van der Waals surface area contributed by atoms with Gasteiger partial charge in [-0.25, -0.2) is 22.8 Å². The predicted molar refractivity (Wildman–Crippen MR) is 186 cm³/mol. The summed E-state index contributed by atoms with van der Waals surface area (Å²) in [6.07, 6.45) is -4.13. The van der Waals surface area contributed by atoms with E-state index in [0.717, 1.165) is 5.56 Å². The molecular weight excluding hydrogens is 655 g/mol. The molecule has 1 N–H and O–H groups in total. The van der Waals surface area contributed by atoms with Crippen LogP contribution in [0.2, 0.25) is 0 Å². The predicted octanol–water partition coefficient (Wildman–Crippen LogP) is 8.15. The minimum atomic E-state index is -2.56. The van der Waals surface area contributed by atoms with Gasteiger partial charge in [0.15, 0.2) is 5.82 Å². The molecule has 1 aliphatic rings. The molecule has 0 aromatic heterocycles. The second-order valence-electron chi connectivity index (χ2n) is 15.3. The lowest BCUT2D eigenvalue weighted by Crippen LogP contribution is -2.49. The Balaban J connectivity index is 2.05. The normalized spacial score (nSPS) is 14.7. The van der Waals surface area contributed by atoms with Gasteiger partial charge >= 0.3 is 18.2 Å². The molecule has 1 aliphatic heterocycles. The SMILES string of the molecule is CC(C)(C)OC(=O)CNc1c(OCCc2ccccc2)cc2c(c1F)C[C@H](CN(CCCC(F)F)C(=O)OC(C)(C)C)N2C(=O)OC(C)(C)C. The molecule has 2 aromatic rings. The first-order valence-corrected chi connectivity index (χ1v) is 16.9. The van der Waals surface area contributed by atoms with E-state index in [1.807, 2.05) is 30.3 Å². The third-order valence-electron chi connectivity index (χ3n) is 7.22. The fourth-order valence-electron chi connectivity index (χ4n) is 5.31. The summed E-state index contributed by atoms with van der Waals surface area (Å²) in [5, 5.41) is 2.84. The molecule has 278 valence electrons. The Hall–Kier alpha value is -4.16. The van der Waals surface area contributed by atoms with Crippen molar-refractivity contribution in [3.05, 3.63) is 53.3 Å². The van der Waals surface area contributed by atoms with Crippen molar-refractivity contribution < 1.29 is 46.5 Å². The Bertz CT molecular complexity index is 1470. The van der Waals surface area contributed by atoms with Gasteiger partial charge in [-0.3, -0.25) is 9.69 Å². The zero-order chi connectivity index (χ0) is 37.4. The molecular formula is C37H52F3N3O7. The number of halogens is 3. The molecule has 0 fully saturated rings. The van der Waals surface area contributed by atoms with Crippen molar-refractivity contribution in [2.75, 3.05) is 36.5 Å². The molecule has 13 heteroatoms. The molecule has 0 saturated heterocycles. The standard InChI is InChI=1S/C37H52F3N3O7/c1-35(2,3)48-30(44)22-41-32-28(47-19-17-24-14-11-10-12-15-24)21-27-26(31(32)40)20-25(43(27)34(46)50-37(7,8)9)23-42(18-13-16-29(38)39)33(45)49-36(4,5)6/h10-12,14-15,21,25,29,41H,13,16-20,22-23H2,1-9H3/t25-/m1/s1. The minimum Gasteiger partial charge on any atom is -0.491 e. The number of hydrogen-bond acceptors (Lipinski definition) is 8. The van der Waals surface area contributed by atoms with Crippen LogP contribution in [0.25, 0.3) is 0 Å². The zero-order valence-corrected chi connectivity index (χ0v) is 30.7. The van der Waals surface area contributed by atoms with E-state index in [1.54, 1.807) is 62.3 Å². The van der Waals surface area contributed by atoms with Gasteiger partial charge in [-0.2, -0.15) is 0 Å². The van der Waals surface area contributed by atoms with Gasteiger partial charge in [-0.05, 0) is 74.3 Å². The van der Waals surface area contributed by atoms with Crippen molar-refractivity contribution in [1.29, 1.82) is 0 Å². The molecule has 2 amide bonds. The number of nitrogens with one attached hydrogen (secondary N) is 1. The zero-order valence-electron chi connectivity index (χ0n) is 30.7. The van der Waals surface area contributed by atoms with E-state index < -0.39 is 59.7 Å². The van der Waals surface area contributed by atoms with Crippen molar-refractivity contribution in [3.63, 3.8) is 0 Å². The molecule has 1 atom stereocenters. The Morgan fingerprint density at radius 1 is 0.940 bits per heavy atom. The summed E-state index contributed by atoms with van der Waals surface area (Å²) >= 11 is 0. The maximum atomic E-state index is 16.7. The third kappa shape index (κ3) is 12.6. The third-order valence-corrected chi connectivity index (χ3v) is 7.22. The maximum absolute atomic E-state index is 16.7. The molecule has 10 nitrogen and oxygen atoms in total. The number of anilines is 2. The number of alkyl halides is 2. The lowest BCUT2D eigenvalue weighted by molar-refractivity contribution is -0.152. The molecule has 0 aliphatic carbocycles. The van der Waals surface area contributed by atoms with Crippen LogP contribution in [-0.4, -0.2) is 78.6 Å². The van der Waals surface area contributed by atoms with Gasteiger partial charge in [0.05, 0.1) is 18.3 Å². The lowest BCUT2D eigenvalue weighted by Gasteiger charge is -2.33. The fraction of sp³-hybridized carbons (Fsp3) is 0.595. The number of benzene rings is 2. The van der Waals surface area contributed by atoms with Crippen LogP contribution in [0.5, 0.6) is 5.75 Å². The van der Waals surface area contributed by atoms with E-state index in [4.69, 9.17) is 18.9 Å². The van der Waals surface area contributed by atoms with Crippen molar-refractivity contribution >= 4 is 29.5 Å². The van der Waals surface area contributed by atoms with Gasteiger partial charge in [0.25, 0.3) is 0 Å². The van der Waals surface area contributed by atoms with E-state index in [9.17, 15) is 23.2 Å². The smallest absolute Gasteiger partial charge is 0.415 e. The first kappa shape index (κ1) is 40.3. The molecule has 3 rings (SSSR count). The fourth-order valence-corrected chi connectivity index (χ4v) is 5.31. The highest BCUT2D eigenvalue weighted by atomic mass is 19.3. The second kappa shape index (κ2) is 16.7. The largest absolute Gasteiger partial charge is 0.491 e. The maximum Gasteiger partial charge on any atom is 0.415 e. The molecule has 0 saturated carbocycles. The van der Waals surface area contributed by atoms with E-state index >= 15 is 4.39 Å². The van der Waals surface area contributed by atoms with Crippen molar-refractivity contribution in [2.45, 2.75) is 117 Å². The number of carbonyl (C=O) groups is 3. The van der Waals surface area contributed by atoms with Crippen molar-refractivity contribution in [2.24, 2.45) is 0 Å². The van der Waals surface area contributed by atoms with E-state index in [2.05, 4.69) is 5.32 Å². The second-order valence-corrected chi connectivity index (χ2v) is 15.3. The molecule has 0 radical (unpaired) electrons. The lowest BCUT2D eigenvalue weighted by atomic mass is 10.1. The summed E-state index contributed by atoms with van der Waals surface area (Å²) in [4.78, 5) is 42.2. The van der Waals surface area contributed by atoms with Crippen LogP contribution in [-0.2, 0) is 31.8 Å². The van der Waals surface area contributed by atoms with Crippen LogP contribution in [0, 0.1) is 5.82 Å². The van der Waals surface area contributed by atoms with Crippen LogP contribution in [0.3, 0.4) is 0 Å². The minimum absolute atomic E-state index is 0.0183. The molecule has 2 aromatic carbocycles. The number of nitrogens with zero attached hydrogens (tertiary/aromatic N) is 2. The number of amides is 2. The topological polar surface area (TPSA) is 107 Å². The van der Waals surface area contributed by atoms with Gasteiger partial charge in [0, 0.05) is 44.0 Å². The van der Waals surface area contributed by atoms with Crippen LogP contribution in [0.15, 0.2) is 36.4 Å². The van der Waals surface area contributed by atoms with Gasteiger partial charge in [0.2, 0.25) is 6.43 Å². The highest BCUT2D eigenvalue weighted by Gasteiger charge is 2.42. The summed E-state index contributed by atoms with van der Waals surface area (Å²) in [5.41, 5.74) is -1.38. The molecule has 0 unspecified atom stereocenters. The molecule has 50 heavy (non-hydrogen) atoms. The average Bonchev–Trinajstić information content (AvgIpc) is 3.32. The van der Waals surface area contributed by atoms with Crippen LogP contribution < -0.4 is 15.0 Å². The highest BCUT2D eigenvalue weighted by molar-refractivity contribution is 5.93. The van der Waals surface area contributed by atoms with E-state index in [1.165, 1.54) is 15.9 Å². The number of esters is 1. The van der Waals surface area contributed by atoms with Crippen LogP contribution in [0.4, 0.5) is 34.1 Å². The number of ether oxygens (including phenoxy) is 4. The monoisotopic (exact) mass is 707 g/mol. The van der Waals surface area contributed by atoms with Gasteiger partial charge in [-0.1, -0.05) is 30.3 Å². The molecule has 1 heterocycles.